The summed E-state index contributed by atoms with van der Waals surface area (Å²) in [4.78, 5) is 0. The van der Waals surface area contributed by atoms with Crippen molar-refractivity contribution in [3.8, 4) is 11.5 Å². The van der Waals surface area contributed by atoms with Crippen LogP contribution in [0.5, 0.6) is 11.5 Å². The lowest BCUT2D eigenvalue weighted by Crippen LogP contribution is -2.31. The largest absolute Gasteiger partial charge is 0.573 e. The molecule has 0 bridgehead atoms. The first-order valence-corrected chi connectivity index (χ1v) is 10.5. The first-order chi connectivity index (χ1) is 15.2. The molecule has 2 aromatic carbocycles. The monoisotopic (exact) mass is 458 g/mol. The molecular formula is C23H23F5O4. The molecule has 1 aliphatic carbocycles. The van der Waals surface area contributed by atoms with Gasteiger partial charge in [-0.2, -0.15) is 8.78 Å². The summed E-state index contributed by atoms with van der Waals surface area (Å²) in [6.45, 7) is 1.18. The Morgan fingerprint density at radius 2 is 1.22 bits per heavy atom. The molecular weight excluding hydrogens is 435 g/mol. The van der Waals surface area contributed by atoms with Gasteiger partial charge in [0, 0.05) is 11.5 Å². The molecule has 2 fully saturated rings. The lowest BCUT2D eigenvalue weighted by atomic mass is 9.92. The van der Waals surface area contributed by atoms with Gasteiger partial charge in [0.2, 0.25) is 0 Å². The molecule has 4 rings (SSSR count). The summed E-state index contributed by atoms with van der Waals surface area (Å²) in [5, 5.41) is 0. The van der Waals surface area contributed by atoms with Gasteiger partial charge in [-0.05, 0) is 42.3 Å². The van der Waals surface area contributed by atoms with Crippen LogP contribution in [0, 0.1) is 11.8 Å². The highest BCUT2D eigenvalue weighted by Crippen LogP contribution is 2.37. The molecule has 1 heterocycles. The Morgan fingerprint density at radius 3 is 1.75 bits per heavy atom. The van der Waals surface area contributed by atoms with E-state index >= 15 is 0 Å². The standard InChI is InChI=1S/C23H23F5O4/c24-22(25,31-19-9-11-20(12-10-19)32-23(26,27)28)18-7-5-16(6-8-18)21-29-13-17(14-30-21)15-3-1-2-4-15/h5-12,15,17,21H,1-4,13-14H2. The topological polar surface area (TPSA) is 36.9 Å². The zero-order valence-corrected chi connectivity index (χ0v) is 17.1. The van der Waals surface area contributed by atoms with E-state index in [9.17, 15) is 22.0 Å². The number of alkyl halides is 5. The molecule has 32 heavy (non-hydrogen) atoms. The summed E-state index contributed by atoms with van der Waals surface area (Å²) in [6.07, 6.45) is -4.27. The molecule has 1 saturated heterocycles. The summed E-state index contributed by atoms with van der Waals surface area (Å²) in [5.41, 5.74) is 0.222. The van der Waals surface area contributed by atoms with Gasteiger partial charge < -0.3 is 18.9 Å². The van der Waals surface area contributed by atoms with Crippen LogP contribution < -0.4 is 9.47 Å². The summed E-state index contributed by atoms with van der Waals surface area (Å²) in [7, 11) is 0. The number of benzene rings is 2. The van der Waals surface area contributed by atoms with Gasteiger partial charge in [0.15, 0.2) is 6.29 Å². The maximum Gasteiger partial charge on any atom is 0.573 e. The summed E-state index contributed by atoms with van der Waals surface area (Å²) < 4.78 is 85.7. The third-order valence-electron chi connectivity index (χ3n) is 5.81. The average Bonchev–Trinajstić information content (AvgIpc) is 3.29. The molecule has 0 radical (unpaired) electrons. The molecule has 0 spiro atoms. The maximum atomic E-state index is 14.5. The number of rotatable bonds is 6. The smallest absolute Gasteiger partial charge is 0.429 e. The Morgan fingerprint density at radius 1 is 0.688 bits per heavy atom. The Labute approximate surface area is 182 Å². The second-order valence-electron chi connectivity index (χ2n) is 8.06. The molecule has 9 heteroatoms. The van der Waals surface area contributed by atoms with Crippen LogP contribution in [0.1, 0.15) is 43.1 Å². The summed E-state index contributed by atoms with van der Waals surface area (Å²) >= 11 is 0. The molecule has 0 N–H and O–H groups in total. The number of ether oxygens (including phenoxy) is 4. The first kappa shape index (κ1) is 22.8. The third-order valence-corrected chi connectivity index (χ3v) is 5.81. The van der Waals surface area contributed by atoms with Crippen molar-refractivity contribution < 1.29 is 40.9 Å². The van der Waals surface area contributed by atoms with Gasteiger partial charge in [0.1, 0.15) is 11.5 Å². The fraction of sp³-hybridized carbons (Fsp3) is 0.478. The zero-order valence-electron chi connectivity index (χ0n) is 17.1. The predicted octanol–water partition coefficient (Wildman–Crippen LogP) is 6.57. The summed E-state index contributed by atoms with van der Waals surface area (Å²) in [5.74, 6) is 0.174. The van der Waals surface area contributed by atoms with Crippen LogP contribution in [0.2, 0.25) is 0 Å². The van der Waals surface area contributed by atoms with Gasteiger partial charge in [0.05, 0.1) is 18.8 Å². The quantitative estimate of drug-likeness (QED) is 0.459. The van der Waals surface area contributed by atoms with Gasteiger partial charge in [-0.15, -0.1) is 13.2 Å². The highest BCUT2D eigenvalue weighted by molar-refractivity contribution is 5.33. The lowest BCUT2D eigenvalue weighted by Gasteiger charge is -2.33. The fourth-order valence-electron chi connectivity index (χ4n) is 4.16. The Hall–Kier alpha value is -2.39. The van der Waals surface area contributed by atoms with E-state index in [2.05, 4.69) is 4.74 Å². The molecule has 0 unspecified atom stereocenters. The van der Waals surface area contributed by atoms with Crippen molar-refractivity contribution >= 4 is 0 Å². The minimum atomic E-state index is -4.86. The lowest BCUT2D eigenvalue weighted by molar-refractivity contribution is -0.274. The second-order valence-corrected chi connectivity index (χ2v) is 8.06. The van der Waals surface area contributed by atoms with Crippen molar-refractivity contribution in [1.29, 1.82) is 0 Å². The maximum absolute atomic E-state index is 14.5. The van der Waals surface area contributed by atoms with Crippen molar-refractivity contribution in [2.24, 2.45) is 11.8 Å². The van der Waals surface area contributed by atoms with Gasteiger partial charge in [-0.3, -0.25) is 0 Å². The normalized spacial score (nSPS) is 22.7. The molecule has 1 aliphatic heterocycles. The van der Waals surface area contributed by atoms with E-state index in [0.29, 0.717) is 30.6 Å². The highest BCUT2D eigenvalue weighted by atomic mass is 19.4. The van der Waals surface area contributed by atoms with Crippen LogP contribution in [-0.4, -0.2) is 19.6 Å². The predicted molar refractivity (Wildman–Crippen MR) is 104 cm³/mol. The van der Waals surface area contributed by atoms with E-state index in [1.807, 2.05) is 0 Å². The van der Waals surface area contributed by atoms with Crippen molar-refractivity contribution in [3.05, 3.63) is 59.7 Å². The van der Waals surface area contributed by atoms with Crippen LogP contribution >= 0.6 is 0 Å². The van der Waals surface area contributed by atoms with Crippen LogP contribution in [0.4, 0.5) is 22.0 Å². The molecule has 2 aliphatic rings. The van der Waals surface area contributed by atoms with Crippen molar-refractivity contribution in [3.63, 3.8) is 0 Å². The van der Waals surface area contributed by atoms with E-state index in [0.717, 1.165) is 24.3 Å². The molecule has 0 aromatic heterocycles. The van der Waals surface area contributed by atoms with Crippen LogP contribution in [0.15, 0.2) is 48.5 Å². The highest BCUT2D eigenvalue weighted by Gasteiger charge is 2.36. The molecule has 0 amide bonds. The van der Waals surface area contributed by atoms with Gasteiger partial charge in [0.25, 0.3) is 0 Å². The number of hydrogen-bond acceptors (Lipinski definition) is 4. The second kappa shape index (κ2) is 9.23. The molecule has 1 saturated carbocycles. The summed E-state index contributed by atoms with van der Waals surface area (Å²) in [6, 6.07) is 9.18. The van der Waals surface area contributed by atoms with Crippen molar-refractivity contribution in [2.75, 3.05) is 13.2 Å². The van der Waals surface area contributed by atoms with Crippen LogP contribution in [0.25, 0.3) is 0 Å². The van der Waals surface area contributed by atoms with Crippen LogP contribution in [0.3, 0.4) is 0 Å². The van der Waals surface area contributed by atoms with Crippen molar-refractivity contribution in [2.45, 2.75) is 44.4 Å². The van der Waals surface area contributed by atoms with E-state index in [1.54, 1.807) is 0 Å². The Bertz CT molecular complexity index is 869. The molecule has 0 atom stereocenters. The Kier molecular flexibility index (Phi) is 6.57. The third kappa shape index (κ3) is 5.69. The van der Waals surface area contributed by atoms with E-state index in [-0.39, 0.29) is 5.75 Å². The SMILES string of the molecule is FC(F)(F)Oc1ccc(OC(F)(F)c2ccc(C3OCC(C4CCCC4)CO3)cc2)cc1. The minimum Gasteiger partial charge on any atom is -0.429 e. The zero-order chi connectivity index (χ0) is 22.8. The Balaban J connectivity index is 1.34. The van der Waals surface area contributed by atoms with Gasteiger partial charge in [-0.25, -0.2) is 0 Å². The van der Waals surface area contributed by atoms with Gasteiger partial charge >= 0.3 is 12.5 Å². The molecule has 174 valence electrons. The van der Waals surface area contributed by atoms with Crippen molar-refractivity contribution in [1.82, 2.24) is 0 Å². The number of halogens is 5. The molecule has 4 nitrogen and oxygen atoms in total. The number of hydrogen-bond donors (Lipinski definition) is 0. The van der Waals surface area contributed by atoms with E-state index in [1.165, 1.54) is 49.9 Å². The average molecular weight is 458 g/mol. The van der Waals surface area contributed by atoms with E-state index in [4.69, 9.17) is 14.2 Å². The minimum absolute atomic E-state index is 0.300. The van der Waals surface area contributed by atoms with E-state index < -0.39 is 30.1 Å². The molecule has 2 aromatic rings. The fourth-order valence-corrected chi connectivity index (χ4v) is 4.16. The van der Waals surface area contributed by atoms with Gasteiger partial charge in [-0.1, -0.05) is 37.8 Å². The first-order valence-electron chi connectivity index (χ1n) is 10.5. The van der Waals surface area contributed by atoms with Crippen LogP contribution in [-0.2, 0) is 15.6 Å².